The van der Waals surface area contributed by atoms with Crippen LogP contribution in [-0.4, -0.2) is 19.2 Å². The summed E-state index contributed by atoms with van der Waals surface area (Å²) in [7, 11) is -4.05. The van der Waals surface area contributed by atoms with Crippen molar-refractivity contribution < 1.29 is 13.0 Å². The van der Waals surface area contributed by atoms with Gasteiger partial charge >= 0.3 is 0 Å². The number of hydrogen-bond acceptors (Lipinski definition) is 3. The first-order chi connectivity index (χ1) is 5.54. The van der Waals surface area contributed by atoms with Crippen molar-refractivity contribution in [1.82, 2.24) is 0 Å². The molecule has 0 aliphatic rings. The van der Waals surface area contributed by atoms with Gasteiger partial charge in [0.25, 0.3) is 10.1 Å². The lowest BCUT2D eigenvalue weighted by atomic mass is 10.4. The fourth-order valence-electron chi connectivity index (χ4n) is 0.762. The van der Waals surface area contributed by atoms with Crippen molar-refractivity contribution in [3.8, 4) is 0 Å². The molecule has 0 saturated heterocycles. The number of rotatable bonds is 2. The Morgan fingerprint density at radius 3 is 2.58 bits per heavy atom. The maximum atomic E-state index is 10.6. The highest BCUT2D eigenvalue weighted by atomic mass is 32.2. The van der Waals surface area contributed by atoms with Gasteiger partial charge in [0.2, 0.25) is 0 Å². The summed E-state index contributed by atoms with van der Waals surface area (Å²) in [5, 5.41) is 0. The fraction of sp³-hybridized carbons (Fsp3) is 0.143. The van der Waals surface area contributed by atoms with Crippen molar-refractivity contribution in [2.45, 2.75) is 9.79 Å². The Balaban J connectivity index is 3.20. The molecule has 0 aliphatic heterocycles. The van der Waals surface area contributed by atoms with Crippen LogP contribution >= 0.6 is 11.8 Å². The molecule has 0 aliphatic carbocycles. The summed E-state index contributed by atoms with van der Waals surface area (Å²) in [6, 6.07) is 6.16. The third-order valence-corrected chi connectivity index (χ3v) is 2.91. The first-order valence-electron chi connectivity index (χ1n) is 3.15. The molecule has 1 rings (SSSR count). The van der Waals surface area contributed by atoms with E-state index in [0.717, 1.165) is 4.90 Å². The van der Waals surface area contributed by atoms with Crippen LogP contribution in [0.25, 0.3) is 0 Å². The summed E-state index contributed by atoms with van der Waals surface area (Å²) in [6.07, 6.45) is 1.84. The second-order valence-electron chi connectivity index (χ2n) is 2.15. The minimum Gasteiger partial charge on any atom is -0.282 e. The van der Waals surface area contributed by atoms with Gasteiger partial charge in [0.05, 0.1) is 4.90 Å². The van der Waals surface area contributed by atoms with Crippen LogP contribution in [0.4, 0.5) is 0 Å². The summed E-state index contributed by atoms with van der Waals surface area (Å²) in [5.74, 6) is 0. The van der Waals surface area contributed by atoms with E-state index in [9.17, 15) is 8.42 Å². The van der Waals surface area contributed by atoms with Gasteiger partial charge in [-0.3, -0.25) is 4.55 Å². The van der Waals surface area contributed by atoms with Crippen molar-refractivity contribution in [2.24, 2.45) is 0 Å². The smallest absolute Gasteiger partial charge is 0.282 e. The van der Waals surface area contributed by atoms with Crippen molar-refractivity contribution in [3.05, 3.63) is 24.3 Å². The van der Waals surface area contributed by atoms with E-state index in [1.165, 1.54) is 23.9 Å². The SMILES string of the molecule is CSc1cccc(S(=O)(=O)O)c1. The topological polar surface area (TPSA) is 54.4 Å². The van der Waals surface area contributed by atoms with E-state index in [-0.39, 0.29) is 4.90 Å². The maximum absolute atomic E-state index is 10.6. The molecule has 0 spiro atoms. The van der Waals surface area contributed by atoms with Crippen LogP contribution in [0.3, 0.4) is 0 Å². The van der Waals surface area contributed by atoms with Gasteiger partial charge < -0.3 is 0 Å². The first-order valence-corrected chi connectivity index (χ1v) is 5.82. The molecule has 0 bridgehead atoms. The Hall–Kier alpha value is -0.520. The van der Waals surface area contributed by atoms with E-state index in [1.54, 1.807) is 12.1 Å². The predicted molar refractivity (Wildman–Crippen MR) is 48.0 cm³/mol. The Morgan fingerprint density at radius 1 is 1.42 bits per heavy atom. The largest absolute Gasteiger partial charge is 0.294 e. The second-order valence-corrected chi connectivity index (χ2v) is 4.46. The van der Waals surface area contributed by atoms with E-state index in [2.05, 4.69) is 0 Å². The Morgan fingerprint density at radius 2 is 2.08 bits per heavy atom. The molecule has 0 amide bonds. The molecule has 0 fully saturated rings. The van der Waals surface area contributed by atoms with Crippen molar-refractivity contribution >= 4 is 21.9 Å². The van der Waals surface area contributed by atoms with Crippen LogP contribution in [0.1, 0.15) is 0 Å². The normalized spacial score (nSPS) is 11.5. The van der Waals surface area contributed by atoms with E-state index in [1.807, 2.05) is 6.26 Å². The lowest BCUT2D eigenvalue weighted by Crippen LogP contribution is -1.97. The molecule has 1 N–H and O–H groups in total. The lowest BCUT2D eigenvalue weighted by molar-refractivity contribution is 0.483. The van der Waals surface area contributed by atoms with Crippen LogP contribution in [0.15, 0.2) is 34.1 Å². The summed E-state index contributed by atoms with van der Waals surface area (Å²) >= 11 is 1.42. The zero-order valence-electron chi connectivity index (χ0n) is 6.39. The van der Waals surface area contributed by atoms with Crippen LogP contribution in [0, 0.1) is 0 Å². The second kappa shape index (κ2) is 3.47. The van der Waals surface area contributed by atoms with Gasteiger partial charge in [0.1, 0.15) is 0 Å². The lowest BCUT2D eigenvalue weighted by Gasteiger charge is -1.98. The van der Waals surface area contributed by atoms with E-state index >= 15 is 0 Å². The first kappa shape index (κ1) is 9.57. The van der Waals surface area contributed by atoms with Gasteiger partial charge in [-0.15, -0.1) is 11.8 Å². The standard InChI is InChI=1S/C7H8O3S2/c1-11-6-3-2-4-7(5-6)12(8,9)10/h2-5H,1H3,(H,8,9,10). The molecule has 0 saturated carbocycles. The van der Waals surface area contributed by atoms with Gasteiger partial charge in [-0.2, -0.15) is 8.42 Å². The zero-order chi connectivity index (χ0) is 9.19. The molecular formula is C7H8O3S2. The molecular weight excluding hydrogens is 196 g/mol. The van der Waals surface area contributed by atoms with Gasteiger partial charge in [-0.1, -0.05) is 6.07 Å². The van der Waals surface area contributed by atoms with E-state index in [0.29, 0.717) is 0 Å². The zero-order valence-corrected chi connectivity index (χ0v) is 8.02. The molecule has 1 aromatic carbocycles. The third-order valence-electron chi connectivity index (χ3n) is 1.34. The minimum atomic E-state index is -4.05. The molecule has 5 heteroatoms. The minimum absolute atomic E-state index is 0.0608. The highest BCUT2D eigenvalue weighted by Gasteiger charge is 2.08. The average Bonchev–Trinajstić information content (AvgIpc) is 2.03. The summed E-state index contributed by atoms with van der Waals surface area (Å²) < 4.78 is 30.0. The van der Waals surface area contributed by atoms with Crippen molar-refractivity contribution in [1.29, 1.82) is 0 Å². The maximum Gasteiger partial charge on any atom is 0.294 e. The molecule has 3 nitrogen and oxygen atoms in total. The van der Waals surface area contributed by atoms with Crippen LogP contribution < -0.4 is 0 Å². The average molecular weight is 204 g/mol. The molecule has 0 aromatic heterocycles. The number of thioether (sulfide) groups is 1. The Labute approximate surface area is 75.5 Å². The molecule has 1 aromatic rings. The number of hydrogen-bond donors (Lipinski definition) is 1. The molecule has 0 heterocycles. The molecule has 0 atom stereocenters. The van der Waals surface area contributed by atoms with Crippen molar-refractivity contribution in [3.63, 3.8) is 0 Å². The monoisotopic (exact) mass is 204 g/mol. The van der Waals surface area contributed by atoms with E-state index < -0.39 is 10.1 Å². The van der Waals surface area contributed by atoms with Gasteiger partial charge in [0.15, 0.2) is 0 Å². The molecule has 66 valence electrons. The molecule has 0 radical (unpaired) electrons. The Bertz CT molecular complexity index is 370. The highest BCUT2D eigenvalue weighted by molar-refractivity contribution is 7.98. The van der Waals surface area contributed by atoms with Crippen LogP contribution in [-0.2, 0) is 10.1 Å². The number of benzene rings is 1. The summed E-state index contributed by atoms with van der Waals surface area (Å²) in [6.45, 7) is 0. The summed E-state index contributed by atoms with van der Waals surface area (Å²) in [5.41, 5.74) is 0. The predicted octanol–water partition coefficient (Wildman–Crippen LogP) is 1.66. The van der Waals surface area contributed by atoms with Gasteiger partial charge in [-0.05, 0) is 24.5 Å². The molecule has 12 heavy (non-hydrogen) atoms. The van der Waals surface area contributed by atoms with Gasteiger partial charge in [0, 0.05) is 4.90 Å². The van der Waals surface area contributed by atoms with Crippen LogP contribution in [0.2, 0.25) is 0 Å². The highest BCUT2D eigenvalue weighted by Crippen LogP contribution is 2.18. The van der Waals surface area contributed by atoms with Gasteiger partial charge in [-0.25, -0.2) is 0 Å². The third kappa shape index (κ3) is 2.23. The van der Waals surface area contributed by atoms with Crippen LogP contribution in [0.5, 0.6) is 0 Å². The fourth-order valence-corrected chi connectivity index (χ4v) is 1.82. The Kier molecular flexibility index (Phi) is 2.76. The molecule has 0 unspecified atom stereocenters. The summed E-state index contributed by atoms with van der Waals surface area (Å²) in [4.78, 5) is 0.750. The quantitative estimate of drug-likeness (QED) is 0.588. The van der Waals surface area contributed by atoms with Crippen molar-refractivity contribution in [2.75, 3.05) is 6.26 Å². The van der Waals surface area contributed by atoms with E-state index in [4.69, 9.17) is 4.55 Å².